The molecular weight excluding hydrogens is 331 g/mol. The Labute approximate surface area is 154 Å². The van der Waals surface area contributed by atoms with E-state index < -0.39 is 6.10 Å². The Balaban J connectivity index is 1.41. The molecule has 4 nitrogen and oxygen atoms in total. The van der Waals surface area contributed by atoms with Crippen molar-refractivity contribution in [3.63, 3.8) is 0 Å². The Hall–Kier alpha value is -2.11. The number of piperazine rings is 1. The number of benzene rings is 2. The van der Waals surface area contributed by atoms with Gasteiger partial charge < -0.3 is 19.6 Å². The topological polar surface area (TPSA) is 37.1 Å². The molecule has 0 aromatic heterocycles. The zero-order chi connectivity index (χ0) is 18.4. The maximum atomic E-state index is 13.9. The Morgan fingerprint density at radius 2 is 1.81 bits per heavy atom. The molecule has 1 heterocycles. The van der Waals surface area contributed by atoms with Crippen molar-refractivity contribution in [2.24, 2.45) is 0 Å². The molecule has 2 aromatic rings. The van der Waals surface area contributed by atoms with Gasteiger partial charge in [0.25, 0.3) is 0 Å². The van der Waals surface area contributed by atoms with E-state index in [4.69, 9.17) is 4.74 Å². The largest absolute Gasteiger partial charge is 0.491 e. The summed E-state index contributed by atoms with van der Waals surface area (Å²) < 4.78 is 19.6. The van der Waals surface area contributed by atoms with Crippen LogP contribution in [0.25, 0.3) is 0 Å². The summed E-state index contributed by atoms with van der Waals surface area (Å²) in [5.74, 6) is 0.624. The van der Waals surface area contributed by atoms with Crippen LogP contribution in [0.15, 0.2) is 48.5 Å². The van der Waals surface area contributed by atoms with Gasteiger partial charge in [-0.1, -0.05) is 31.2 Å². The number of aliphatic hydroxyl groups is 1. The van der Waals surface area contributed by atoms with E-state index in [1.807, 2.05) is 24.3 Å². The Kier molecular flexibility index (Phi) is 6.47. The van der Waals surface area contributed by atoms with Crippen molar-refractivity contribution in [1.29, 1.82) is 0 Å². The molecule has 0 bridgehead atoms. The number of rotatable bonds is 7. The molecule has 26 heavy (non-hydrogen) atoms. The van der Waals surface area contributed by atoms with Crippen LogP contribution in [-0.4, -0.2) is 50.5 Å². The number of halogens is 1. The number of quaternary nitrogens is 1. The number of aliphatic hydroxyl groups excluding tert-OH is 1. The summed E-state index contributed by atoms with van der Waals surface area (Å²) >= 11 is 0. The number of hydrogen-bond acceptors (Lipinski definition) is 3. The second-order valence-electron chi connectivity index (χ2n) is 6.85. The van der Waals surface area contributed by atoms with Gasteiger partial charge in [-0.15, -0.1) is 0 Å². The Morgan fingerprint density at radius 3 is 2.46 bits per heavy atom. The minimum absolute atomic E-state index is 0.168. The zero-order valence-electron chi connectivity index (χ0n) is 15.3. The molecule has 0 amide bonds. The number of nitrogens with one attached hydrogen (secondary N) is 1. The zero-order valence-corrected chi connectivity index (χ0v) is 15.3. The molecule has 0 unspecified atom stereocenters. The first-order valence-electron chi connectivity index (χ1n) is 9.38. The first kappa shape index (κ1) is 18.7. The number of aryl methyl sites for hydroxylation is 1. The van der Waals surface area contributed by atoms with E-state index in [-0.39, 0.29) is 5.82 Å². The highest BCUT2D eigenvalue weighted by Gasteiger charge is 2.24. The van der Waals surface area contributed by atoms with Gasteiger partial charge in [0, 0.05) is 0 Å². The molecule has 1 atom stereocenters. The number of ether oxygens (including phenoxy) is 1. The predicted molar refractivity (Wildman–Crippen MR) is 101 cm³/mol. The summed E-state index contributed by atoms with van der Waals surface area (Å²) in [7, 11) is 0. The minimum atomic E-state index is -0.504. The second-order valence-corrected chi connectivity index (χ2v) is 6.85. The van der Waals surface area contributed by atoms with Crippen LogP contribution in [0, 0.1) is 5.82 Å². The van der Waals surface area contributed by atoms with Crippen LogP contribution in [0.4, 0.5) is 10.1 Å². The molecule has 1 fully saturated rings. The Bertz CT molecular complexity index is 685. The standard InChI is InChI=1S/C21H27FN2O2/c1-2-17-7-9-19(10-8-17)26-16-18(25)15-23-11-13-24(14-12-23)21-6-4-3-5-20(21)22/h3-10,18,25H,2,11-16H2,1H3/p+1/t18-/m0/s1. The Morgan fingerprint density at radius 1 is 1.12 bits per heavy atom. The molecular formula is C21H28FN2O2+. The van der Waals surface area contributed by atoms with E-state index in [1.54, 1.807) is 6.07 Å². The van der Waals surface area contributed by atoms with Crippen molar-refractivity contribution in [2.45, 2.75) is 19.4 Å². The fraction of sp³-hybridized carbons (Fsp3) is 0.429. The molecule has 5 heteroatoms. The molecule has 1 saturated heterocycles. The third-order valence-corrected chi connectivity index (χ3v) is 4.96. The maximum absolute atomic E-state index is 13.9. The molecule has 1 aliphatic heterocycles. The summed E-state index contributed by atoms with van der Waals surface area (Å²) in [4.78, 5) is 3.41. The first-order chi connectivity index (χ1) is 12.7. The van der Waals surface area contributed by atoms with Crippen molar-refractivity contribution >= 4 is 5.69 Å². The summed E-state index contributed by atoms with van der Waals surface area (Å²) in [5.41, 5.74) is 1.95. The lowest BCUT2D eigenvalue weighted by atomic mass is 10.2. The van der Waals surface area contributed by atoms with Gasteiger partial charge >= 0.3 is 0 Å². The molecule has 2 aromatic carbocycles. The van der Waals surface area contributed by atoms with Crippen molar-refractivity contribution in [1.82, 2.24) is 0 Å². The van der Waals surface area contributed by atoms with E-state index >= 15 is 0 Å². The van der Waals surface area contributed by atoms with Gasteiger partial charge in [-0.25, -0.2) is 4.39 Å². The summed E-state index contributed by atoms with van der Waals surface area (Å²) in [6, 6.07) is 14.9. The van der Waals surface area contributed by atoms with E-state index in [0.717, 1.165) is 38.3 Å². The average molecular weight is 359 g/mol. The molecule has 2 N–H and O–H groups in total. The normalized spacial score (nSPS) is 16.5. The highest BCUT2D eigenvalue weighted by molar-refractivity contribution is 5.47. The summed E-state index contributed by atoms with van der Waals surface area (Å²) in [5, 5.41) is 10.3. The van der Waals surface area contributed by atoms with Crippen LogP contribution in [0.1, 0.15) is 12.5 Å². The number of hydrogen-bond donors (Lipinski definition) is 2. The van der Waals surface area contributed by atoms with Crippen LogP contribution < -0.4 is 14.5 Å². The number of para-hydroxylation sites is 1. The van der Waals surface area contributed by atoms with Crippen molar-refractivity contribution in [3.8, 4) is 5.75 Å². The minimum Gasteiger partial charge on any atom is -0.491 e. The van der Waals surface area contributed by atoms with Crippen molar-refractivity contribution < 1.29 is 19.1 Å². The third-order valence-electron chi connectivity index (χ3n) is 4.96. The van der Waals surface area contributed by atoms with E-state index in [2.05, 4.69) is 24.0 Å². The van der Waals surface area contributed by atoms with Gasteiger partial charge in [0.1, 0.15) is 30.8 Å². The van der Waals surface area contributed by atoms with E-state index in [0.29, 0.717) is 18.8 Å². The smallest absolute Gasteiger partial charge is 0.146 e. The SMILES string of the molecule is CCc1ccc(OC[C@@H](O)C[NH+]2CCN(c3ccccc3F)CC2)cc1. The van der Waals surface area contributed by atoms with Crippen LogP contribution in [0.3, 0.4) is 0 Å². The highest BCUT2D eigenvalue weighted by Crippen LogP contribution is 2.18. The predicted octanol–water partition coefficient (Wildman–Crippen LogP) is 1.53. The maximum Gasteiger partial charge on any atom is 0.146 e. The van der Waals surface area contributed by atoms with Gasteiger partial charge in [0.2, 0.25) is 0 Å². The van der Waals surface area contributed by atoms with Crippen molar-refractivity contribution in [2.75, 3.05) is 44.2 Å². The van der Waals surface area contributed by atoms with Gasteiger partial charge in [-0.05, 0) is 36.2 Å². The molecule has 0 saturated carbocycles. The molecule has 1 aliphatic rings. The fourth-order valence-electron chi connectivity index (χ4n) is 3.38. The molecule has 0 aliphatic carbocycles. The summed E-state index contributed by atoms with van der Waals surface area (Å²) in [6.07, 6.45) is 0.501. The van der Waals surface area contributed by atoms with Crippen LogP contribution in [0.5, 0.6) is 5.75 Å². The number of nitrogens with zero attached hydrogens (tertiary/aromatic N) is 1. The lowest BCUT2D eigenvalue weighted by molar-refractivity contribution is -0.903. The number of anilines is 1. The van der Waals surface area contributed by atoms with Crippen LogP contribution in [-0.2, 0) is 6.42 Å². The van der Waals surface area contributed by atoms with Crippen LogP contribution >= 0.6 is 0 Å². The molecule has 3 rings (SSSR count). The lowest BCUT2D eigenvalue weighted by Gasteiger charge is -2.34. The van der Waals surface area contributed by atoms with Crippen LogP contribution in [0.2, 0.25) is 0 Å². The van der Waals surface area contributed by atoms with Gasteiger partial charge in [0.05, 0.1) is 31.9 Å². The monoisotopic (exact) mass is 359 g/mol. The van der Waals surface area contributed by atoms with Gasteiger partial charge in [-0.3, -0.25) is 0 Å². The molecule has 0 radical (unpaired) electrons. The average Bonchev–Trinajstić information content (AvgIpc) is 2.68. The summed E-state index contributed by atoms with van der Waals surface area (Å²) in [6.45, 7) is 6.43. The van der Waals surface area contributed by atoms with Gasteiger partial charge in [0.15, 0.2) is 0 Å². The second kappa shape index (κ2) is 9.01. The van der Waals surface area contributed by atoms with E-state index in [9.17, 15) is 9.50 Å². The quantitative estimate of drug-likeness (QED) is 0.787. The first-order valence-corrected chi connectivity index (χ1v) is 9.38. The highest BCUT2D eigenvalue weighted by atomic mass is 19.1. The molecule has 0 spiro atoms. The van der Waals surface area contributed by atoms with Gasteiger partial charge in [-0.2, -0.15) is 0 Å². The molecule has 140 valence electrons. The van der Waals surface area contributed by atoms with E-state index in [1.165, 1.54) is 16.5 Å². The van der Waals surface area contributed by atoms with Crippen molar-refractivity contribution in [3.05, 3.63) is 59.9 Å². The third kappa shape index (κ3) is 4.96. The fourth-order valence-corrected chi connectivity index (χ4v) is 3.38. The lowest BCUT2D eigenvalue weighted by Crippen LogP contribution is -3.16.